The summed E-state index contributed by atoms with van der Waals surface area (Å²) in [6, 6.07) is 23.6. The number of aliphatic hydroxyl groups excluding tert-OH is 1. The monoisotopic (exact) mass is 317 g/mol. The highest BCUT2D eigenvalue weighted by atomic mass is 16.3. The maximum Gasteiger partial charge on any atom is 0.0914 e. The fraction of sp³-hybridized carbons (Fsp3) is 0.273. The number of aliphatic hydroxyl groups is 1. The Labute approximate surface area is 143 Å². The number of hydrogen-bond acceptors (Lipinski definition) is 2. The van der Waals surface area contributed by atoms with Crippen molar-refractivity contribution in [3.05, 3.63) is 83.4 Å². The first-order valence-corrected chi connectivity index (χ1v) is 8.76. The molecular formula is C22H23NO. The van der Waals surface area contributed by atoms with Gasteiger partial charge in [-0.2, -0.15) is 0 Å². The van der Waals surface area contributed by atoms with Crippen LogP contribution in [0, 0.1) is 0 Å². The van der Waals surface area contributed by atoms with Crippen LogP contribution in [-0.2, 0) is 12.8 Å². The zero-order valence-electron chi connectivity index (χ0n) is 13.8. The second-order valence-corrected chi connectivity index (χ2v) is 6.74. The van der Waals surface area contributed by atoms with Gasteiger partial charge in [-0.3, -0.25) is 0 Å². The van der Waals surface area contributed by atoms with E-state index in [2.05, 4.69) is 53.8 Å². The quantitative estimate of drug-likeness (QED) is 0.762. The maximum atomic E-state index is 10.5. The van der Waals surface area contributed by atoms with Crippen molar-refractivity contribution in [1.82, 2.24) is 5.32 Å². The van der Waals surface area contributed by atoms with Gasteiger partial charge < -0.3 is 10.4 Å². The second-order valence-electron chi connectivity index (χ2n) is 6.74. The van der Waals surface area contributed by atoms with Crippen LogP contribution in [0.5, 0.6) is 0 Å². The molecule has 2 atom stereocenters. The third kappa shape index (κ3) is 3.21. The lowest BCUT2D eigenvalue weighted by atomic mass is 9.88. The van der Waals surface area contributed by atoms with Crippen LogP contribution in [0.1, 0.15) is 29.2 Å². The van der Waals surface area contributed by atoms with E-state index in [-0.39, 0.29) is 0 Å². The van der Waals surface area contributed by atoms with E-state index in [0.29, 0.717) is 12.6 Å². The topological polar surface area (TPSA) is 32.3 Å². The molecule has 1 aliphatic rings. The Bertz CT molecular complexity index is 842. The first kappa shape index (κ1) is 15.4. The van der Waals surface area contributed by atoms with Crippen LogP contribution in [0.2, 0.25) is 0 Å². The summed E-state index contributed by atoms with van der Waals surface area (Å²) in [5.74, 6) is 0. The van der Waals surface area contributed by atoms with Crippen molar-refractivity contribution in [3.63, 3.8) is 0 Å². The highest BCUT2D eigenvalue weighted by molar-refractivity contribution is 5.83. The average molecular weight is 317 g/mol. The minimum atomic E-state index is -0.466. The summed E-state index contributed by atoms with van der Waals surface area (Å²) >= 11 is 0. The summed E-state index contributed by atoms with van der Waals surface area (Å²) in [7, 11) is 0. The average Bonchev–Trinajstić information content (AvgIpc) is 2.65. The minimum absolute atomic E-state index is 0.454. The van der Waals surface area contributed by atoms with Crippen molar-refractivity contribution < 1.29 is 5.11 Å². The Kier molecular flexibility index (Phi) is 4.33. The smallest absolute Gasteiger partial charge is 0.0914 e. The van der Waals surface area contributed by atoms with Gasteiger partial charge in [0, 0.05) is 12.6 Å². The molecule has 0 spiro atoms. The zero-order valence-corrected chi connectivity index (χ0v) is 13.8. The molecule has 2 unspecified atom stereocenters. The molecule has 4 rings (SSSR count). The van der Waals surface area contributed by atoms with Crippen LogP contribution in [0.4, 0.5) is 0 Å². The van der Waals surface area contributed by atoms with Crippen LogP contribution >= 0.6 is 0 Å². The Hall–Kier alpha value is -2.16. The summed E-state index contributed by atoms with van der Waals surface area (Å²) < 4.78 is 0. The van der Waals surface area contributed by atoms with E-state index in [4.69, 9.17) is 0 Å². The Morgan fingerprint density at radius 3 is 2.54 bits per heavy atom. The van der Waals surface area contributed by atoms with Gasteiger partial charge >= 0.3 is 0 Å². The van der Waals surface area contributed by atoms with Gasteiger partial charge in [-0.25, -0.2) is 0 Å². The minimum Gasteiger partial charge on any atom is -0.387 e. The van der Waals surface area contributed by atoms with E-state index >= 15 is 0 Å². The van der Waals surface area contributed by atoms with Crippen molar-refractivity contribution in [2.75, 3.05) is 6.54 Å². The van der Waals surface area contributed by atoms with Gasteiger partial charge in [0.1, 0.15) is 0 Å². The third-order valence-electron chi connectivity index (χ3n) is 5.11. The van der Waals surface area contributed by atoms with Crippen molar-refractivity contribution >= 4 is 10.8 Å². The van der Waals surface area contributed by atoms with E-state index in [0.717, 1.165) is 24.8 Å². The number of hydrogen-bond donors (Lipinski definition) is 2. The largest absolute Gasteiger partial charge is 0.387 e. The Balaban J connectivity index is 1.40. The molecular weight excluding hydrogens is 294 g/mol. The normalized spacial score (nSPS) is 18.3. The van der Waals surface area contributed by atoms with E-state index in [1.54, 1.807) is 0 Å². The molecule has 1 aliphatic carbocycles. The number of benzene rings is 3. The third-order valence-corrected chi connectivity index (χ3v) is 5.11. The van der Waals surface area contributed by atoms with Gasteiger partial charge in [-0.15, -0.1) is 0 Å². The number of rotatable bonds is 4. The molecule has 0 bridgehead atoms. The van der Waals surface area contributed by atoms with Crippen molar-refractivity contribution in [1.29, 1.82) is 0 Å². The molecule has 0 saturated carbocycles. The summed E-state index contributed by atoms with van der Waals surface area (Å²) in [5.41, 5.74) is 3.91. The zero-order chi connectivity index (χ0) is 16.4. The van der Waals surface area contributed by atoms with E-state index in [1.807, 2.05) is 18.2 Å². The molecule has 2 N–H and O–H groups in total. The van der Waals surface area contributed by atoms with Crippen molar-refractivity contribution in [2.45, 2.75) is 31.4 Å². The predicted octanol–water partition coefficient (Wildman–Crippen LogP) is 4.02. The summed E-state index contributed by atoms with van der Waals surface area (Å²) in [6.07, 6.45) is 2.86. The van der Waals surface area contributed by atoms with Gasteiger partial charge in [-0.1, -0.05) is 60.7 Å². The lowest BCUT2D eigenvalue weighted by molar-refractivity contribution is 0.168. The van der Waals surface area contributed by atoms with Crippen LogP contribution in [0.15, 0.2) is 66.7 Å². The molecule has 24 heavy (non-hydrogen) atoms. The molecule has 0 saturated heterocycles. The lowest BCUT2D eigenvalue weighted by Crippen LogP contribution is -2.37. The maximum absolute atomic E-state index is 10.5. The number of fused-ring (bicyclic) bond motifs is 2. The first-order chi connectivity index (χ1) is 11.8. The fourth-order valence-electron chi connectivity index (χ4n) is 3.68. The van der Waals surface area contributed by atoms with Crippen LogP contribution in [0.3, 0.4) is 0 Å². The summed E-state index contributed by atoms with van der Waals surface area (Å²) in [5, 5.41) is 16.5. The van der Waals surface area contributed by atoms with Gasteiger partial charge in [0.2, 0.25) is 0 Å². The molecule has 0 heterocycles. The number of aryl methyl sites for hydroxylation is 1. The second kappa shape index (κ2) is 6.76. The van der Waals surface area contributed by atoms with Gasteiger partial charge in [0.15, 0.2) is 0 Å². The van der Waals surface area contributed by atoms with E-state index < -0.39 is 6.10 Å². The molecule has 0 amide bonds. The lowest BCUT2D eigenvalue weighted by Gasteiger charge is -2.26. The SMILES string of the molecule is OC(CNC1CCc2ccccc2C1)c1ccc2ccccc2c1. The van der Waals surface area contributed by atoms with Crippen LogP contribution in [0.25, 0.3) is 10.8 Å². The molecule has 3 aromatic rings. The molecule has 2 heteroatoms. The van der Waals surface area contributed by atoms with Gasteiger partial charge in [0.25, 0.3) is 0 Å². The van der Waals surface area contributed by atoms with E-state index in [1.165, 1.54) is 21.9 Å². The summed E-state index contributed by atoms with van der Waals surface area (Å²) in [6.45, 7) is 0.602. The van der Waals surface area contributed by atoms with Crippen LogP contribution in [-0.4, -0.2) is 17.7 Å². The molecule has 0 radical (unpaired) electrons. The predicted molar refractivity (Wildman–Crippen MR) is 99.2 cm³/mol. The highest BCUT2D eigenvalue weighted by Crippen LogP contribution is 2.23. The Morgan fingerprint density at radius 2 is 1.67 bits per heavy atom. The van der Waals surface area contributed by atoms with Crippen molar-refractivity contribution in [2.24, 2.45) is 0 Å². The molecule has 2 nitrogen and oxygen atoms in total. The van der Waals surface area contributed by atoms with Crippen molar-refractivity contribution in [3.8, 4) is 0 Å². The fourth-order valence-corrected chi connectivity index (χ4v) is 3.68. The molecule has 0 fully saturated rings. The molecule has 0 aromatic heterocycles. The van der Waals surface area contributed by atoms with Gasteiger partial charge in [0.05, 0.1) is 6.10 Å². The number of nitrogens with one attached hydrogen (secondary N) is 1. The highest BCUT2D eigenvalue weighted by Gasteiger charge is 2.19. The van der Waals surface area contributed by atoms with Gasteiger partial charge in [-0.05, 0) is 52.8 Å². The molecule has 122 valence electrons. The Morgan fingerprint density at radius 1 is 0.917 bits per heavy atom. The molecule has 0 aliphatic heterocycles. The molecule has 3 aromatic carbocycles. The standard InChI is InChI=1S/C22H23NO/c24-22(20-10-9-16-5-1-3-7-18(16)13-20)15-23-21-12-11-17-6-2-4-8-19(17)14-21/h1-10,13,21-24H,11-12,14-15H2. The van der Waals surface area contributed by atoms with Crippen LogP contribution < -0.4 is 5.32 Å². The summed E-state index contributed by atoms with van der Waals surface area (Å²) in [4.78, 5) is 0. The van der Waals surface area contributed by atoms with E-state index in [9.17, 15) is 5.11 Å². The first-order valence-electron chi connectivity index (χ1n) is 8.76.